The van der Waals surface area contributed by atoms with Crippen LogP contribution < -0.4 is 5.32 Å². The van der Waals surface area contributed by atoms with E-state index in [4.69, 9.17) is 21.6 Å². The molecule has 2 aromatic rings. The zero-order chi connectivity index (χ0) is 23.2. The van der Waals surface area contributed by atoms with E-state index < -0.39 is 5.82 Å². The van der Waals surface area contributed by atoms with Crippen molar-refractivity contribution in [2.75, 3.05) is 25.0 Å². The molecule has 172 valence electrons. The van der Waals surface area contributed by atoms with E-state index in [2.05, 4.69) is 20.2 Å². The number of rotatable bonds is 5. The second-order valence-electron chi connectivity index (χ2n) is 9.30. The van der Waals surface area contributed by atoms with Crippen LogP contribution in [-0.4, -0.2) is 56.6 Å². The molecule has 3 aliphatic rings. The van der Waals surface area contributed by atoms with Crippen molar-refractivity contribution >= 4 is 29.2 Å². The van der Waals surface area contributed by atoms with Gasteiger partial charge in [-0.1, -0.05) is 11.6 Å². The fourth-order valence-corrected chi connectivity index (χ4v) is 4.41. The summed E-state index contributed by atoms with van der Waals surface area (Å²) < 4.78 is 20.9. The summed E-state index contributed by atoms with van der Waals surface area (Å²) in [6.45, 7) is 4.03. The molecule has 1 amide bonds. The van der Waals surface area contributed by atoms with Crippen molar-refractivity contribution in [3.05, 3.63) is 46.6 Å². The quantitative estimate of drug-likeness (QED) is 0.698. The largest absolute Gasteiger partial charge is 0.443 e. The van der Waals surface area contributed by atoms with Gasteiger partial charge in [0, 0.05) is 31.7 Å². The molecular weight excluding hydrogens is 447 g/mol. The second kappa shape index (κ2) is 8.12. The van der Waals surface area contributed by atoms with Gasteiger partial charge in [-0.25, -0.2) is 19.2 Å². The third-order valence-corrected chi connectivity index (χ3v) is 7.04. The molecule has 3 fully saturated rings. The van der Waals surface area contributed by atoms with E-state index in [0.29, 0.717) is 42.5 Å². The normalized spacial score (nSPS) is 20.2. The zero-order valence-corrected chi connectivity index (χ0v) is 19.0. The maximum absolute atomic E-state index is 15.3. The molecule has 1 aromatic carbocycles. The topological polar surface area (TPSA) is 94.4 Å². The third-order valence-electron chi connectivity index (χ3n) is 6.72. The number of nitrogens with one attached hydrogen (secondary N) is 1. The third kappa shape index (κ3) is 4.45. The van der Waals surface area contributed by atoms with E-state index in [-0.39, 0.29) is 28.7 Å². The van der Waals surface area contributed by atoms with Crippen LogP contribution in [0.15, 0.2) is 24.5 Å². The van der Waals surface area contributed by atoms with Gasteiger partial charge < -0.3 is 15.0 Å². The molecule has 1 N–H and O–H groups in total. The fourth-order valence-electron chi connectivity index (χ4n) is 4.19. The van der Waals surface area contributed by atoms with Gasteiger partial charge in [0.1, 0.15) is 11.9 Å². The molecule has 0 bridgehead atoms. The first-order chi connectivity index (χ1) is 15.8. The molecule has 0 unspecified atom stereocenters. The Hall–Kier alpha value is -2.96. The Kier molecular flexibility index (Phi) is 5.38. The molecule has 8 nitrogen and oxygen atoms in total. The van der Waals surface area contributed by atoms with Crippen LogP contribution in [0.1, 0.15) is 43.9 Å². The van der Waals surface area contributed by atoms with Crippen LogP contribution in [0.2, 0.25) is 5.02 Å². The number of hydrogen-bond donors (Lipinski definition) is 1. The Labute approximate surface area is 196 Å². The fraction of sp³-hybridized carbons (Fsp3) is 0.478. The zero-order valence-electron chi connectivity index (χ0n) is 18.3. The average molecular weight is 471 g/mol. The van der Waals surface area contributed by atoms with Crippen LogP contribution in [-0.2, 0) is 11.3 Å². The molecule has 2 heterocycles. The Morgan fingerprint density at radius 1 is 1.30 bits per heavy atom. The molecule has 10 heteroatoms. The van der Waals surface area contributed by atoms with Crippen molar-refractivity contribution in [1.82, 2.24) is 19.8 Å². The number of hydrogen-bond acceptors (Lipinski definition) is 7. The van der Waals surface area contributed by atoms with Crippen molar-refractivity contribution in [3.8, 4) is 6.07 Å². The molecule has 2 saturated carbocycles. The lowest BCUT2D eigenvalue weighted by Gasteiger charge is -2.41. The summed E-state index contributed by atoms with van der Waals surface area (Å²) in [5, 5.41) is 12.2. The summed E-state index contributed by atoms with van der Waals surface area (Å²) in [5.41, 5.74) is 0.706. The minimum Gasteiger partial charge on any atom is -0.443 e. The number of nitriles is 1. The van der Waals surface area contributed by atoms with Crippen LogP contribution in [0, 0.1) is 17.1 Å². The first-order valence-electron chi connectivity index (χ1n) is 11.0. The van der Waals surface area contributed by atoms with Gasteiger partial charge in [0.25, 0.3) is 0 Å². The van der Waals surface area contributed by atoms with Gasteiger partial charge in [-0.05, 0) is 50.8 Å². The molecule has 33 heavy (non-hydrogen) atoms. The number of halogens is 2. The lowest BCUT2D eigenvalue weighted by atomic mass is 10.1. The molecule has 1 spiro atoms. The van der Waals surface area contributed by atoms with Crippen LogP contribution in [0.5, 0.6) is 0 Å². The Morgan fingerprint density at radius 3 is 2.76 bits per heavy atom. The van der Waals surface area contributed by atoms with Gasteiger partial charge >= 0.3 is 6.09 Å². The van der Waals surface area contributed by atoms with Crippen molar-refractivity contribution < 1.29 is 13.9 Å². The SMILES string of the molecule is CC1(OC(=O)N2CCN(Cc3ncnc(Nc4ccc(C#N)cc4Cl)c3F)C3(CC3)C2)CC1. The molecule has 1 aromatic heterocycles. The maximum Gasteiger partial charge on any atom is 0.410 e. The standard InChI is InChI=1S/C23H24ClFN6O2/c1-22(4-5-22)33-21(32)30-8-9-31(23(13-30)6-7-23)12-18-19(25)20(28-14-27-18)29-17-3-2-15(11-26)10-16(17)24/h2-3,10,14H,4-9,12-13H2,1H3,(H,27,28,29). The average Bonchev–Trinajstić information content (AvgIpc) is 3.72. The van der Waals surface area contributed by atoms with Gasteiger partial charge in [-0.2, -0.15) is 5.26 Å². The van der Waals surface area contributed by atoms with Gasteiger partial charge in [0.2, 0.25) is 0 Å². The molecule has 0 atom stereocenters. The smallest absolute Gasteiger partial charge is 0.410 e. The molecular formula is C23H24ClFN6O2. The number of aromatic nitrogens is 2. The van der Waals surface area contributed by atoms with Crippen LogP contribution in [0.3, 0.4) is 0 Å². The minimum absolute atomic E-state index is 0.0244. The van der Waals surface area contributed by atoms with Gasteiger partial charge in [-0.15, -0.1) is 0 Å². The number of ether oxygens (including phenoxy) is 1. The van der Waals surface area contributed by atoms with E-state index in [1.165, 1.54) is 12.4 Å². The van der Waals surface area contributed by atoms with Gasteiger partial charge in [0.15, 0.2) is 11.6 Å². The molecule has 1 saturated heterocycles. The predicted octanol–water partition coefficient (Wildman–Crippen LogP) is 4.22. The summed E-state index contributed by atoms with van der Waals surface area (Å²) in [7, 11) is 0. The summed E-state index contributed by atoms with van der Waals surface area (Å²) >= 11 is 6.20. The first kappa shape index (κ1) is 21.9. The van der Waals surface area contributed by atoms with E-state index in [9.17, 15) is 4.79 Å². The summed E-state index contributed by atoms with van der Waals surface area (Å²) in [6, 6.07) is 6.73. The Morgan fingerprint density at radius 2 is 2.09 bits per heavy atom. The molecule has 5 rings (SSSR count). The molecule has 1 aliphatic heterocycles. The number of piperazine rings is 1. The number of carbonyl (C=O) groups excluding carboxylic acids is 1. The first-order valence-corrected chi connectivity index (χ1v) is 11.4. The summed E-state index contributed by atoms with van der Waals surface area (Å²) in [6.07, 6.45) is 4.81. The summed E-state index contributed by atoms with van der Waals surface area (Å²) in [4.78, 5) is 24.7. The van der Waals surface area contributed by atoms with Crippen LogP contribution in [0.4, 0.5) is 20.7 Å². The Balaban J connectivity index is 1.27. The number of carbonyl (C=O) groups is 1. The minimum atomic E-state index is -0.544. The molecule has 0 radical (unpaired) electrons. The highest BCUT2D eigenvalue weighted by molar-refractivity contribution is 6.33. The lowest BCUT2D eigenvalue weighted by Crippen LogP contribution is -2.56. The van der Waals surface area contributed by atoms with E-state index >= 15 is 4.39 Å². The van der Waals surface area contributed by atoms with E-state index in [0.717, 1.165) is 25.7 Å². The highest BCUT2D eigenvalue weighted by atomic mass is 35.5. The highest BCUT2D eigenvalue weighted by Gasteiger charge is 2.53. The van der Waals surface area contributed by atoms with Gasteiger partial charge in [0.05, 0.1) is 28.0 Å². The van der Waals surface area contributed by atoms with Crippen molar-refractivity contribution in [3.63, 3.8) is 0 Å². The predicted molar refractivity (Wildman–Crippen MR) is 120 cm³/mol. The number of nitrogens with zero attached hydrogens (tertiary/aromatic N) is 5. The summed E-state index contributed by atoms with van der Waals surface area (Å²) in [5.74, 6) is -0.520. The lowest BCUT2D eigenvalue weighted by molar-refractivity contribution is 0.0164. The number of amides is 1. The van der Waals surface area contributed by atoms with Crippen molar-refractivity contribution in [2.24, 2.45) is 0 Å². The highest BCUT2D eigenvalue weighted by Crippen LogP contribution is 2.46. The van der Waals surface area contributed by atoms with E-state index in [1.54, 1.807) is 17.0 Å². The van der Waals surface area contributed by atoms with Crippen molar-refractivity contribution in [1.29, 1.82) is 5.26 Å². The maximum atomic E-state index is 15.3. The number of benzene rings is 1. The van der Waals surface area contributed by atoms with Crippen LogP contribution >= 0.6 is 11.6 Å². The second-order valence-corrected chi connectivity index (χ2v) is 9.71. The van der Waals surface area contributed by atoms with Gasteiger partial charge in [-0.3, -0.25) is 4.90 Å². The number of anilines is 2. The van der Waals surface area contributed by atoms with Crippen molar-refractivity contribution in [2.45, 2.75) is 50.3 Å². The monoisotopic (exact) mass is 470 g/mol. The van der Waals surface area contributed by atoms with E-state index in [1.807, 2.05) is 13.0 Å². The Bertz CT molecular complexity index is 1140. The van der Waals surface area contributed by atoms with Crippen LogP contribution in [0.25, 0.3) is 0 Å². The molecule has 2 aliphatic carbocycles.